The van der Waals surface area contributed by atoms with E-state index in [9.17, 15) is 4.79 Å². The Hall–Kier alpha value is -1.39. The van der Waals surface area contributed by atoms with E-state index < -0.39 is 0 Å². The molecular formula is C12H11ClN2OS. The van der Waals surface area contributed by atoms with Gasteiger partial charge in [0.05, 0.1) is 10.6 Å². The second-order valence-corrected chi connectivity index (χ2v) is 4.65. The molecule has 0 radical (unpaired) electrons. The topological polar surface area (TPSA) is 34.4 Å². The molecule has 5 heteroatoms. The standard InChI is InChI=1S/C12H11ClN2OS/c1-2-15-7-8-17-12(15)14-11(16)9-5-3-4-6-10(9)13/h3-8H,2H2,1H3. The highest BCUT2D eigenvalue weighted by atomic mass is 35.5. The number of amides is 1. The van der Waals surface area contributed by atoms with E-state index in [2.05, 4.69) is 4.99 Å². The van der Waals surface area contributed by atoms with Crippen LogP contribution >= 0.6 is 22.9 Å². The molecule has 0 fully saturated rings. The molecule has 0 bridgehead atoms. The van der Waals surface area contributed by atoms with Crippen molar-refractivity contribution in [3.63, 3.8) is 0 Å². The normalized spacial score (nSPS) is 11.8. The highest BCUT2D eigenvalue weighted by Gasteiger charge is 2.08. The first-order chi connectivity index (χ1) is 8.22. The van der Waals surface area contributed by atoms with Crippen molar-refractivity contribution in [3.8, 4) is 0 Å². The molecule has 0 aliphatic carbocycles. The molecule has 0 spiro atoms. The van der Waals surface area contributed by atoms with Gasteiger partial charge in [0, 0.05) is 18.1 Å². The molecule has 0 N–H and O–H groups in total. The first kappa shape index (κ1) is 12.1. The summed E-state index contributed by atoms with van der Waals surface area (Å²) in [7, 11) is 0. The first-order valence-electron chi connectivity index (χ1n) is 5.20. The quantitative estimate of drug-likeness (QED) is 0.823. The van der Waals surface area contributed by atoms with Gasteiger partial charge < -0.3 is 4.57 Å². The molecule has 17 heavy (non-hydrogen) atoms. The van der Waals surface area contributed by atoms with Gasteiger partial charge in [-0.15, -0.1) is 11.3 Å². The maximum Gasteiger partial charge on any atom is 0.281 e. The van der Waals surface area contributed by atoms with Gasteiger partial charge >= 0.3 is 0 Å². The van der Waals surface area contributed by atoms with E-state index in [0.29, 0.717) is 15.4 Å². The summed E-state index contributed by atoms with van der Waals surface area (Å²) in [6, 6.07) is 6.93. The van der Waals surface area contributed by atoms with E-state index in [-0.39, 0.29) is 5.91 Å². The van der Waals surface area contributed by atoms with Crippen molar-refractivity contribution in [2.75, 3.05) is 0 Å². The molecule has 0 saturated heterocycles. The third kappa shape index (κ3) is 2.65. The smallest absolute Gasteiger partial charge is 0.281 e. The van der Waals surface area contributed by atoms with Crippen LogP contribution in [0, 0.1) is 0 Å². The molecule has 2 rings (SSSR count). The predicted molar refractivity (Wildman–Crippen MR) is 69.3 cm³/mol. The number of hydrogen-bond donors (Lipinski definition) is 0. The molecule has 1 heterocycles. The number of nitrogens with zero attached hydrogens (tertiary/aromatic N) is 2. The van der Waals surface area contributed by atoms with Gasteiger partial charge in [-0.25, -0.2) is 0 Å². The van der Waals surface area contributed by atoms with Gasteiger partial charge in [-0.05, 0) is 19.1 Å². The zero-order valence-electron chi connectivity index (χ0n) is 9.26. The van der Waals surface area contributed by atoms with Gasteiger partial charge in [0.25, 0.3) is 5.91 Å². The molecule has 1 amide bonds. The monoisotopic (exact) mass is 266 g/mol. The fourth-order valence-corrected chi connectivity index (χ4v) is 2.42. The van der Waals surface area contributed by atoms with Crippen molar-refractivity contribution in [3.05, 3.63) is 51.2 Å². The molecular weight excluding hydrogens is 256 g/mol. The fraction of sp³-hybridized carbons (Fsp3) is 0.167. The Morgan fingerprint density at radius 1 is 1.47 bits per heavy atom. The lowest BCUT2D eigenvalue weighted by atomic mass is 10.2. The number of benzene rings is 1. The summed E-state index contributed by atoms with van der Waals surface area (Å²) in [6.45, 7) is 2.80. The van der Waals surface area contributed by atoms with E-state index in [0.717, 1.165) is 6.54 Å². The lowest BCUT2D eigenvalue weighted by molar-refractivity contribution is 0.0998. The van der Waals surface area contributed by atoms with Gasteiger partial charge in [0.15, 0.2) is 4.80 Å². The van der Waals surface area contributed by atoms with Crippen LogP contribution in [0.4, 0.5) is 0 Å². The zero-order valence-corrected chi connectivity index (χ0v) is 10.8. The molecule has 0 atom stereocenters. The Morgan fingerprint density at radius 2 is 2.24 bits per heavy atom. The van der Waals surface area contributed by atoms with E-state index in [1.807, 2.05) is 23.1 Å². The molecule has 2 aromatic rings. The van der Waals surface area contributed by atoms with Gasteiger partial charge in [-0.3, -0.25) is 4.79 Å². The van der Waals surface area contributed by atoms with Crippen LogP contribution in [0.2, 0.25) is 5.02 Å². The van der Waals surface area contributed by atoms with Crippen molar-refractivity contribution in [2.24, 2.45) is 4.99 Å². The number of thiazole rings is 1. The molecule has 1 aromatic heterocycles. The number of rotatable bonds is 2. The number of halogens is 1. The molecule has 1 aromatic carbocycles. The first-order valence-corrected chi connectivity index (χ1v) is 6.45. The number of hydrogen-bond acceptors (Lipinski definition) is 2. The van der Waals surface area contributed by atoms with Crippen LogP contribution in [0.5, 0.6) is 0 Å². The second kappa shape index (κ2) is 5.29. The Morgan fingerprint density at radius 3 is 2.94 bits per heavy atom. The number of aromatic nitrogens is 1. The van der Waals surface area contributed by atoms with Gasteiger partial charge in [0.1, 0.15) is 0 Å². The van der Waals surface area contributed by atoms with Crippen molar-refractivity contribution >= 4 is 28.8 Å². The van der Waals surface area contributed by atoms with Crippen LogP contribution in [0.3, 0.4) is 0 Å². The van der Waals surface area contributed by atoms with Crippen LogP contribution in [0.25, 0.3) is 0 Å². The molecule has 0 unspecified atom stereocenters. The maximum absolute atomic E-state index is 11.9. The highest BCUT2D eigenvalue weighted by Crippen LogP contribution is 2.15. The predicted octanol–water partition coefficient (Wildman–Crippen LogP) is 2.96. The lowest BCUT2D eigenvalue weighted by Crippen LogP contribution is -2.15. The Bertz CT molecular complexity index is 600. The van der Waals surface area contributed by atoms with Crippen LogP contribution in [0.1, 0.15) is 17.3 Å². The molecule has 0 aliphatic heterocycles. The summed E-state index contributed by atoms with van der Waals surface area (Å²) in [5.74, 6) is -0.305. The largest absolute Gasteiger partial charge is 0.324 e. The fourth-order valence-electron chi connectivity index (χ4n) is 1.41. The van der Waals surface area contributed by atoms with Gasteiger partial charge in [-0.1, -0.05) is 23.7 Å². The van der Waals surface area contributed by atoms with Crippen LogP contribution in [0.15, 0.2) is 40.8 Å². The summed E-state index contributed by atoms with van der Waals surface area (Å²) in [6.07, 6.45) is 1.91. The summed E-state index contributed by atoms with van der Waals surface area (Å²) in [4.78, 5) is 16.7. The molecule has 88 valence electrons. The minimum Gasteiger partial charge on any atom is -0.324 e. The van der Waals surface area contributed by atoms with E-state index >= 15 is 0 Å². The lowest BCUT2D eigenvalue weighted by Gasteiger charge is -1.98. The molecule has 3 nitrogen and oxygen atoms in total. The van der Waals surface area contributed by atoms with Crippen LogP contribution < -0.4 is 4.80 Å². The Kier molecular flexibility index (Phi) is 3.76. The number of aryl methyl sites for hydroxylation is 1. The third-order valence-electron chi connectivity index (χ3n) is 2.30. The average Bonchev–Trinajstić information content (AvgIpc) is 2.76. The summed E-state index contributed by atoms with van der Waals surface area (Å²) < 4.78 is 1.92. The van der Waals surface area contributed by atoms with Gasteiger partial charge in [-0.2, -0.15) is 4.99 Å². The van der Waals surface area contributed by atoms with E-state index in [4.69, 9.17) is 11.6 Å². The Labute approximate surface area is 108 Å². The number of carbonyl (C=O) groups excluding carboxylic acids is 1. The highest BCUT2D eigenvalue weighted by molar-refractivity contribution is 7.07. The second-order valence-electron chi connectivity index (χ2n) is 3.37. The SMILES string of the molecule is CCn1ccsc1=NC(=O)c1ccccc1Cl. The zero-order chi connectivity index (χ0) is 12.3. The minimum absolute atomic E-state index is 0.305. The number of carbonyl (C=O) groups is 1. The van der Waals surface area contributed by atoms with Crippen molar-refractivity contribution < 1.29 is 4.79 Å². The van der Waals surface area contributed by atoms with Gasteiger partial charge in [0.2, 0.25) is 0 Å². The van der Waals surface area contributed by atoms with Crippen LogP contribution in [-0.2, 0) is 6.54 Å². The Balaban J connectivity index is 2.41. The third-order valence-corrected chi connectivity index (χ3v) is 3.43. The van der Waals surface area contributed by atoms with Crippen molar-refractivity contribution in [1.82, 2.24) is 4.57 Å². The van der Waals surface area contributed by atoms with E-state index in [1.165, 1.54) is 11.3 Å². The molecule has 0 aliphatic rings. The van der Waals surface area contributed by atoms with E-state index in [1.54, 1.807) is 24.3 Å². The summed E-state index contributed by atoms with van der Waals surface area (Å²) in [5, 5.41) is 2.34. The summed E-state index contributed by atoms with van der Waals surface area (Å²) in [5.41, 5.74) is 0.435. The molecule has 0 saturated carbocycles. The van der Waals surface area contributed by atoms with Crippen molar-refractivity contribution in [1.29, 1.82) is 0 Å². The van der Waals surface area contributed by atoms with Crippen molar-refractivity contribution in [2.45, 2.75) is 13.5 Å². The van der Waals surface area contributed by atoms with Crippen LogP contribution in [-0.4, -0.2) is 10.5 Å². The maximum atomic E-state index is 11.9. The average molecular weight is 267 g/mol. The minimum atomic E-state index is -0.305. The summed E-state index contributed by atoms with van der Waals surface area (Å²) >= 11 is 7.38.